The molecule has 0 fully saturated rings. The summed E-state index contributed by atoms with van der Waals surface area (Å²) >= 11 is 0. The summed E-state index contributed by atoms with van der Waals surface area (Å²) in [6, 6.07) is 0. The molecule has 0 aliphatic carbocycles. The van der Waals surface area contributed by atoms with E-state index in [0.717, 1.165) is 13.1 Å². The number of nitrogens with one attached hydrogen (secondary N) is 2. The molecule has 1 amide bonds. The van der Waals surface area contributed by atoms with Crippen molar-refractivity contribution >= 4 is 5.91 Å². The molecule has 0 aromatic carbocycles. The van der Waals surface area contributed by atoms with E-state index < -0.39 is 0 Å². The standard InChI is InChI=1S/C9H19N3O/c1-4-5-11-8-9(13)12(3)7-6-10-2/h4,10-11H,1,5-8H2,2-3H3. The molecular formula is C9H19N3O. The van der Waals surface area contributed by atoms with Crippen LogP contribution in [-0.2, 0) is 4.79 Å². The molecule has 4 nitrogen and oxygen atoms in total. The van der Waals surface area contributed by atoms with E-state index in [4.69, 9.17) is 0 Å². The maximum Gasteiger partial charge on any atom is 0.236 e. The van der Waals surface area contributed by atoms with Gasteiger partial charge in [-0.25, -0.2) is 0 Å². The van der Waals surface area contributed by atoms with Crippen molar-refractivity contribution in [2.24, 2.45) is 0 Å². The van der Waals surface area contributed by atoms with Crippen molar-refractivity contribution in [3.63, 3.8) is 0 Å². The van der Waals surface area contributed by atoms with Crippen molar-refractivity contribution in [3.8, 4) is 0 Å². The molecule has 0 radical (unpaired) electrons. The van der Waals surface area contributed by atoms with Gasteiger partial charge in [-0.05, 0) is 7.05 Å². The molecule has 0 saturated carbocycles. The highest BCUT2D eigenvalue weighted by Crippen LogP contribution is 1.81. The molecule has 2 N–H and O–H groups in total. The summed E-state index contributed by atoms with van der Waals surface area (Å²) in [4.78, 5) is 13.0. The van der Waals surface area contributed by atoms with Gasteiger partial charge >= 0.3 is 0 Å². The molecule has 0 aromatic rings. The number of rotatable bonds is 7. The van der Waals surface area contributed by atoms with Crippen molar-refractivity contribution in [1.29, 1.82) is 0 Å². The Morgan fingerprint density at radius 3 is 2.85 bits per heavy atom. The van der Waals surface area contributed by atoms with Crippen LogP contribution in [0.4, 0.5) is 0 Å². The van der Waals surface area contributed by atoms with Gasteiger partial charge in [0.2, 0.25) is 5.91 Å². The average Bonchev–Trinajstić information content (AvgIpc) is 2.14. The second-order valence-corrected chi connectivity index (χ2v) is 2.84. The zero-order valence-corrected chi connectivity index (χ0v) is 8.47. The Kier molecular flexibility index (Phi) is 7.24. The molecule has 0 saturated heterocycles. The van der Waals surface area contributed by atoms with E-state index in [1.165, 1.54) is 0 Å². The lowest BCUT2D eigenvalue weighted by Gasteiger charge is -2.16. The summed E-state index contributed by atoms with van der Waals surface area (Å²) in [7, 11) is 3.67. The average molecular weight is 185 g/mol. The van der Waals surface area contributed by atoms with Crippen molar-refractivity contribution in [2.45, 2.75) is 0 Å². The van der Waals surface area contributed by atoms with Crippen LogP contribution in [0.1, 0.15) is 0 Å². The summed E-state index contributed by atoms with van der Waals surface area (Å²) < 4.78 is 0. The fourth-order valence-electron chi connectivity index (χ4n) is 0.820. The summed E-state index contributed by atoms with van der Waals surface area (Å²) in [6.07, 6.45) is 1.74. The molecule has 0 bridgehead atoms. The first-order valence-corrected chi connectivity index (χ1v) is 4.42. The normalized spacial score (nSPS) is 9.69. The second-order valence-electron chi connectivity index (χ2n) is 2.84. The lowest BCUT2D eigenvalue weighted by Crippen LogP contribution is -2.38. The van der Waals surface area contributed by atoms with E-state index in [0.29, 0.717) is 13.1 Å². The first-order valence-electron chi connectivity index (χ1n) is 4.42. The third kappa shape index (κ3) is 6.31. The van der Waals surface area contributed by atoms with Gasteiger partial charge in [0, 0.05) is 26.7 Å². The van der Waals surface area contributed by atoms with Gasteiger partial charge < -0.3 is 15.5 Å². The number of likely N-dealkylation sites (N-methyl/N-ethyl adjacent to an activating group) is 2. The van der Waals surface area contributed by atoms with Crippen LogP contribution in [-0.4, -0.2) is 51.1 Å². The van der Waals surface area contributed by atoms with Crippen molar-refractivity contribution < 1.29 is 4.79 Å². The largest absolute Gasteiger partial charge is 0.343 e. The Balaban J connectivity index is 3.50. The number of hydrogen-bond acceptors (Lipinski definition) is 3. The predicted molar refractivity (Wildman–Crippen MR) is 54.6 cm³/mol. The second kappa shape index (κ2) is 7.76. The van der Waals surface area contributed by atoms with Crippen LogP contribution in [0.25, 0.3) is 0 Å². The molecule has 76 valence electrons. The van der Waals surface area contributed by atoms with Gasteiger partial charge in [0.25, 0.3) is 0 Å². The number of carbonyl (C=O) groups is 1. The zero-order chi connectivity index (χ0) is 10.1. The van der Waals surface area contributed by atoms with Crippen LogP contribution in [0.2, 0.25) is 0 Å². The Labute approximate surface area is 80.0 Å². The predicted octanol–water partition coefficient (Wildman–Crippen LogP) is -0.560. The van der Waals surface area contributed by atoms with Gasteiger partial charge in [-0.3, -0.25) is 4.79 Å². The minimum Gasteiger partial charge on any atom is -0.343 e. The molecule has 0 aliphatic heterocycles. The summed E-state index contributed by atoms with van der Waals surface area (Å²) in [5.41, 5.74) is 0. The monoisotopic (exact) mass is 185 g/mol. The molecule has 0 atom stereocenters. The van der Waals surface area contributed by atoms with E-state index in [9.17, 15) is 4.79 Å². The van der Waals surface area contributed by atoms with Gasteiger partial charge in [-0.1, -0.05) is 6.08 Å². The van der Waals surface area contributed by atoms with E-state index >= 15 is 0 Å². The van der Waals surface area contributed by atoms with E-state index in [-0.39, 0.29) is 5.91 Å². The molecule has 0 spiro atoms. The van der Waals surface area contributed by atoms with E-state index in [1.807, 2.05) is 7.05 Å². The third-order valence-corrected chi connectivity index (χ3v) is 1.69. The Morgan fingerprint density at radius 1 is 1.62 bits per heavy atom. The number of amides is 1. The smallest absolute Gasteiger partial charge is 0.236 e. The van der Waals surface area contributed by atoms with Gasteiger partial charge in [0.15, 0.2) is 0 Å². The van der Waals surface area contributed by atoms with Crippen LogP contribution >= 0.6 is 0 Å². The topological polar surface area (TPSA) is 44.4 Å². The number of hydrogen-bond donors (Lipinski definition) is 2. The fourth-order valence-corrected chi connectivity index (χ4v) is 0.820. The maximum atomic E-state index is 11.3. The Morgan fingerprint density at radius 2 is 2.31 bits per heavy atom. The van der Waals surface area contributed by atoms with Crippen molar-refractivity contribution in [1.82, 2.24) is 15.5 Å². The first kappa shape index (κ1) is 12.1. The minimum absolute atomic E-state index is 0.108. The molecule has 0 aromatic heterocycles. The lowest BCUT2D eigenvalue weighted by molar-refractivity contribution is -0.128. The fraction of sp³-hybridized carbons (Fsp3) is 0.667. The molecule has 0 unspecified atom stereocenters. The quantitative estimate of drug-likeness (QED) is 0.413. The van der Waals surface area contributed by atoms with Gasteiger partial charge in [-0.2, -0.15) is 0 Å². The van der Waals surface area contributed by atoms with Crippen LogP contribution in [0.5, 0.6) is 0 Å². The third-order valence-electron chi connectivity index (χ3n) is 1.69. The van der Waals surface area contributed by atoms with E-state index in [1.54, 1.807) is 18.0 Å². The van der Waals surface area contributed by atoms with Crippen LogP contribution in [0, 0.1) is 0 Å². The van der Waals surface area contributed by atoms with Gasteiger partial charge in [0.05, 0.1) is 6.54 Å². The first-order chi connectivity index (χ1) is 6.22. The summed E-state index contributed by atoms with van der Waals surface area (Å²) in [5, 5.41) is 5.95. The van der Waals surface area contributed by atoms with Crippen LogP contribution in [0.15, 0.2) is 12.7 Å². The molecule has 13 heavy (non-hydrogen) atoms. The minimum atomic E-state index is 0.108. The van der Waals surface area contributed by atoms with Crippen molar-refractivity contribution in [2.75, 3.05) is 40.3 Å². The zero-order valence-electron chi connectivity index (χ0n) is 8.47. The number of nitrogens with zero attached hydrogens (tertiary/aromatic N) is 1. The highest BCUT2D eigenvalue weighted by atomic mass is 16.2. The maximum absolute atomic E-state index is 11.3. The highest BCUT2D eigenvalue weighted by molar-refractivity contribution is 5.77. The van der Waals surface area contributed by atoms with Crippen LogP contribution in [0.3, 0.4) is 0 Å². The Hall–Kier alpha value is -0.870. The highest BCUT2D eigenvalue weighted by Gasteiger charge is 2.05. The molecule has 0 aliphatic rings. The van der Waals surface area contributed by atoms with Gasteiger partial charge in [0.1, 0.15) is 0 Å². The van der Waals surface area contributed by atoms with Crippen LogP contribution < -0.4 is 10.6 Å². The Bertz CT molecular complexity index is 159. The SMILES string of the molecule is C=CCNCC(=O)N(C)CCNC. The molecule has 4 heteroatoms. The van der Waals surface area contributed by atoms with E-state index in [2.05, 4.69) is 17.2 Å². The summed E-state index contributed by atoms with van der Waals surface area (Å²) in [5.74, 6) is 0.108. The molecular weight excluding hydrogens is 166 g/mol. The number of carbonyl (C=O) groups excluding carboxylic acids is 1. The lowest BCUT2D eigenvalue weighted by atomic mass is 10.4. The van der Waals surface area contributed by atoms with Crippen molar-refractivity contribution in [3.05, 3.63) is 12.7 Å². The van der Waals surface area contributed by atoms with Gasteiger partial charge in [-0.15, -0.1) is 6.58 Å². The summed E-state index contributed by atoms with van der Waals surface area (Å²) in [6.45, 7) is 6.17. The molecule has 0 rings (SSSR count). The molecule has 0 heterocycles.